The second kappa shape index (κ2) is 5.36. The lowest BCUT2D eigenvalue weighted by atomic mass is 9.77. The van der Waals surface area contributed by atoms with E-state index in [1.165, 1.54) is 42.3 Å². The van der Waals surface area contributed by atoms with Gasteiger partial charge in [0, 0.05) is 6.04 Å². The molecule has 1 aromatic carbocycles. The molecule has 0 aliphatic heterocycles. The quantitative estimate of drug-likeness (QED) is 0.734. The number of benzene rings is 1. The van der Waals surface area contributed by atoms with Crippen molar-refractivity contribution in [3.05, 3.63) is 28.5 Å². The number of H-pyrrole nitrogens is 1. The van der Waals surface area contributed by atoms with Gasteiger partial charge in [-0.3, -0.25) is 0 Å². The van der Waals surface area contributed by atoms with E-state index in [-0.39, 0.29) is 0 Å². The van der Waals surface area contributed by atoms with Crippen molar-refractivity contribution in [2.75, 3.05) is 0 Å². The van der Waals surface area contributed by atoms with Crippen LogP contribution in [0.15, 0.2) is 18.2 Å². The Bertz CT molecular complexity index is 665. The normalized spacial score (nSPS) is 23.6. The average Bonchev–Trinajstić information content (AvgIpc) is 2.76. The summed E-state index contributed by atoms with van der Waals surface area (Å²) >= 11 is 5.64. The number of aryl methyl sites for hydroxylation is 1. The number of nitrogens with one attached hydrogen (secondary N) is 1. The molecule has 1 aliphatic carbocycles. The fourth-order valence-electron chi connectivity index (χ4n) is 3.91. The fourth-order valence-corrected chi connectivity index (χ4v) is 4.25. The Labute approximate surface area is 126 Å². The van der Waals surface area contributed by atoms with Gasteiger partial charge in [-0.05, 0) is 55.4 Å². The fraction of sp³-hybridized carbons (Fsp3) is 0.588. The second-order valence-corrected chi connectivity index (χ2v) is 6.92. The minimum atomic E-state index is 0.561. The molecule has 1 N–H and O–H groups in total. The third-order valence-corrected chi connectivity index (χ3v) is 5.21. The largest absolute Gasteiger partial charge is 0.331 e. The summed E-state index contributed by atoms with van der Waals surface area (Å²) in [6.45, 7) is 6.90. The van der Waals surface area contributed by atoms with Gasteiger partial charge in [-0.25, -0.2) is 0 Å². The summed E-state index contributed by atoms with van der Waals surface area (Å²) < 4.78 is 3.32. The summed E-state index contributed by atoms with van der Waals surface area (Å²) in [6, 6.07) is 7.00. The standard InChI is InChI=1S/C17H24N2S/c1-11(2)13-8-4-5-10-15(13)19-16-12(3)7-6-9-14(16)18-17(19)20/h6-7,9,11,13,15H,4-5,8,10H2,1-3H3,(H,18,20). The van der Waals surface area contributed by atoms with Gasteiger partial charge in [0.1, 0.15) is 0 Å². The molecule has 3 rings (SSSR count). The van der Waals surface area contributed by atoms with Crippen LogP contribution in [0.25, 0.3) is 11.0 Å². The molecule has 0 radical (unpaired) electrons. The van der Waals surface area contributed by atoms with Crippen LogP contribution in [0.1, 0.15) is 51.1 Å². The summed E-state index contributed by atoms with van der Waals surface area (Å²) in [4.78, 5) is 3.40. The van der Waals surface area contributed by atoms with E-state index in [0.717, 1.165) is 16.6 Å². The molecular formula is C17H24N2S. The minimum absolute atomic E-state index is 0.561. The first-order chi connectivity index (χ1) is 9.59. The van der Waals surface area contributed by atoms with Gasteiger partial charge < -0.3 is 9.55 Å². The zero-order chi connectivity index (χ0) is 14.3. The molecule has 2 nitrogen and oxygen atoms in total. The summed E-state index contributed by atoms with van der Waals surface area (Å²) in [5.74, 6) is 1.46. The van der Waals surface area contributed by atoms with Crippen LogP contribution in [0.3, 0.4) is 0 Å². The maximum atomic E-state index is 5.64. The molecule has 1 aliphatic rings. The van der Waals surface area contributed by atoms with Gasteiger partial charge in [-0.2, -0.15) is 0 Å². The third kappa shape index (κ3) is 2.22. The number of para-hydroxylation sites is 1. The van der Waals surface area contributed by atoms with Crippen LogP contribution in [-0.4, -0.2) is 9.55 Å². The number of hydrogen-bond donors (Lipinski definition) is 1. The van der Waals surface area contributed by atoms with Crippen molar-refractivity contribution in [2.24, 2.45) is 11.8 Å². The topological polar surface area (TPSA) is 20.7 Å². The molecule has 20 heavy (non-hydrogen) atoms. The molecule has 0 amide bonds. The van der Waals surface area contributed by atoms with E-state index in [1.807, 2.05) is 0 Å². The molecule has 1 aromatic heterocycles. The summed E-state index contributed by atoms with van der Waals surface area (Å²) in [6.07, 6.45) is 5.29. The number of aromatic nitrogens is 2. The Balaban J connectivity index is 2.17. The number of fused-ring (bicyclic) bond motifs is 1. The Hall–Kier alpha value is -1.09. The van der Waals surface area contributed by atoms with Gasteiger partial charge in [0.2, 0.25) is 0 Å². The van der Waals surface area contributed by atoms with E-state index >= 15 is 0 Å². The smallest absolute Gasteiger partial charge is 0.178 e. The highest BCUT2D eigenvalue weighted by molar-refractivity contribution is 7.71. The van der Waals surface area contributed by atoms with E-state index in [0.29, 0.717) is 6.04 Å². The van der Waals surface area contributed by atoms with Crippen LogP contribution in [0, 0.1) is 23.5 Å². The van der Waals surface area contributed by atoms with Crippen LogP contribution in [0.5, 0.6) is 0 Å². The van der Waals surface area contributed by atoms with Gasteiger partial charge >= 0.3 is 0 Å². The molecule has 0 bridgehead atoms. The van der Waals surface area contributed by atoms with Crippen LogP contribution >= 0.6 is 12.2 Å². The maximum Gasteiger partial charge on any atom is 0.178 e. The highest BCUT2D eigenvalue weighted by Crippen LogP contribution is 2.40. The zero-order valence-corrected chi connectivity index (χ0v) is 13.5. The third-order valence-electron chi connectivity index (χ3n) is 4.91. The molecule has 2 aromatic rings. The zero-order valence-electron chi connectivity index (χ0n) is 12.6. The second-order valence-electron chi connectivity index (χ2n) is 6.53. The van der Waals surface area contributed by atoms with Gasteiger partial charge in [0.05, 0.1) is 11.0 Å². The van der Waals surface area contributed by atoms with Gasteiger partial charge in [-0.15, -0.1) is 0 Å². The molecule has 1 saturated carbocycles. The van der Waals surface area contributed by atoms with Crippen LogP contribution in [0.4, 0.5) is 0 Å². The van der Waals surface area contributed by atoms with Crippen LogP contribution in [-0.2, 0) is 0 Å². The molecule has 1 heterocycles. The Morgan fingerprint density at radius 1 is 1.25 bits per heavy atom. The van der Waals surface area contributed by atoms with Crippen molar-refractivity contribution in [2.45, 2.75) is 52.5 Å². The van der Waals surface area contributed by atoms with Gasteiger partial charge in [-0.1, -0.05) is 38.8 Å². The molecule has 108 valence electrons. The summed E-state index contributed by atoms with van der Waals surface area (Å²) in [5, 5.41) is 0. The number of nitrogens with zero attached hydrogens (tertiary/aromatic N) is 1. The highest BCUT2D eigenvalue weighted by Gasteiger charge is 2.30. The number of aromatic amines is 1. The van der Waals surface area contributed by atoms with E-state index < -0.39 is 0 Å². The van der Waals surface area contributed by atoms with E-state index in [9.17, 15) is 0 Å². The first kappa shape index (κ1) is 13.9. The lowest BCUT2D eigenvalue weighted by Gasteiger charge is -2.35. The molecule has 2 unspecified atom stereocenters. The van der Waals surface area contributed by atoms with Crippen molar-refractivity contribution in [3.63, 3.8) is 0 Å². The van der Waals surface area contributed by atoms with Gasteiger partial charge in [0.15, 0.2) is 4.77 Å². The molecular weight excluding hydrogens is 264 g/mol. The first-order valence-corrected chi connectivity index (χ1v) is 8.20. The predicted molar refractivity (Wildman–Crippen MR) is 87.7 cm³/mol. The van der Waals surface area contributed by atoms with Crippen molar-refractivity contribution in [1.82, 2.24) is 9.55 Å². The van der Waals surface area contributed by atoms with E-state index in [4.69, 9.17) is 12.2 Å². The van der Waals surface area contributed by atoms with E-state index in [1.54, 1.807) is 0 Å². The van der Waals surface area contributed by atoms with Crippen molar-refractivity contribution < 1.29 is 0 Å². The first-order valence-electron chi connectivity index (χ1n) is 7.79. The molecule has 0 spiro atoms. The summed E-state index contributed by atoms with van der Waals surface area (Å²) in [7, 11) is 0. The summed E-state index contributed by atoms with van der Waals surface area (Å²) in [5.41, 5.74) is 3.82. The molecule has 3 heteroatoms. The van der Waals surface area contributed by atoms with Crippen molar-refractivity contribution >= 4 is 23.3 Å². The maximum absolute atomic E-state index is 5.64. The number of hydrogen-bond acceptors (Lipinski definition) is 1. The van der Waals surface area contributed by atoms with E-state index in [2.05, 4.69) is 48.5 Å². The molecule has 1 fully saturated rings. The Kier molecular flexibility index (Phi) is 3.72. The lowest BCUT2D eigenvalue weighted by Crippen LogP contribution is -2.27. The SMILES string of the molecule is Cc1cccc2[nH]c(=S)n(C3CCCCC3C(C)C)c12. The van der Waals surface area contributed by atoms with Crippen molar-refractivity contribution in [1.29, 1.82) is 0 Å². The van der Waals surface area contributed by atoms with Gasteiger partial charge in [0.25, 0.3) is 0 Å². The molecule has 0 saturated heterocycles. The average molecular weight is 288 g/mol. The number of imidazole rings is 1. The Morgan fingerprint density at radius 2 is 2.00 bits per heavy atom. The van der Waals surface area contributed by atoms with Crippen LogP contribution in [0.2, 0.25) is 0 Å². The van der Waals surface area contributed by atoms with Crippen LogP contribution < -0.4 is 0 Å². The lowest BCUT2D eigenvalue weighted by molar-refractivity contribution is 0.186. The van der Waals surface area contributed by atoms with Crippen molar-refractivity contribution in [3.8, 4) is 0 Å². The predicted octanol–water partition coefficient (Wildman–Crippen LogP) is 5.39. The molecule has 2 atom stereocenters. The monoisotopic (exact) mass is 288 g/mol. The minimum Gasteiger partial charge on any atom is -0.331 e. The Morgan fingerprint density at radius 3 is 2.75 bits per heavy atom. The highest BCUT2D eigenvalue weighted by atomic mass is 32.1. The number of rotatable bonds is 2.